The van der Waals surface area contributed by atoms with Gasteiger partial charge in [-0.05, 0) is 24.6 Å². The summed E-state index contributed by atoms with van der Waals surface area (Å²) in [5.74, 6) is 0.448. The van der Waals surface area contributed by atoms with Crippen LogP contribution in [0.25, 0.3) is 16.6 Å². The molecule has 0 aliphatic heterocycles. The van der Waals surface area contributed by atoms with Crippen LogP contribution in [-0.2, 0) is 4.74 Å². The van der Waals surface area contributed by atoms with Crippen LogP contribution in [0.1, 0.15) is 22.6 Å². The lowest BCUT2D eigenvalue weighted by Crippen LogP contribution is -2.00. The molecule has 0 atom stereocenters. The van der Waals surface area contributed by atoms with Crippen LogP contribution < -0.4 is 0 Å². The number of hydrogen-bond donors (Lipinski definition) is 1. The highest BCUT2D eigenvalue weighted by molar-refractivity contribution is 5.94. The fourth-order valence-electron chi connectivity index (χ4n) is 2.13. The van der Waals surface area contributed by atoms with E-state index in [9.17, 15) is 4.79 Å². The van der Waals surface area contributed by atoms with Gasteiger partial charge in [0.1, 0.15) is 5.82 Å². The molecule has 0 spiro atoms. The molecule has 3 rings (SSSR count). The Morgan fingerprint density at radius 3 is 3.10 bits per heavy atom. The Hall–Kier alpha value is -2.62. The molecule has 0 saturated carbocycles. The molecule has 0 radical (unpaired) electrons. The highest BCUT2D eigenvalue weighted by Crippen LogP contribution is 2.21. The number of methoxy groups -OCH3 is 1. The molecule has 100 valence electrons. The number of benzene rings is 1. The fraction of sp³-hybridized carbons (Fsp3) is 0.125. The standard InChI is InChI=1S/C16H14N2O2/c1-20-16(19)12-8-9-13-14(10-12)18-15(17-13)11-6-4-2-3-5-7-11/h2,4-10H,3H2,1H3,(H,17,18). The molecule has 1 N–H and O–H groups in total. The van der Waals surface area contributed by atoms with Crippen LogP contribution in [-0.4, -0.2) is 23.0 Å². The number of carbonyl (C=O) groups excluding carboxylic acids is 1. The molecule has 1 aliphatic rings. The summed E-state index contributed by atoms with van der Waals surface area (Å²) in [7, 11) is 1.37. The summed E-state index contributed by atoms with van der Waals surface area (Å²) >= 11 is 0. The molecule has 4 nitrogen and oxygen atoms in total. The summed E-state index contributed by atoms with van der Waals surface area (Å²) < 4.78 is 4.72. The molecule has 2 aromatic rings. The maximum Gasteiger partial charge on any atom is 0.337 e. The molecule has 0 bridgehead atoms. The van der Waals surface area contributed by atoms with Crippen LogP contribution in [0.3, 0.4) is 0 Å². The van der Waals surface area contributed by atoms with E-state index in [1.165, 1.54) is 7.11 Å². The number of aromatic nitrogens is 2. The van der Waals surface area contributed by atoms with Gasteiger partial charge >= 0.3 is 5.97 Å². The van der Waals surface area contributed by atoms with E-state index in [1.54, 1.807) is 12.1 Å². The van der Waals surface area contributed by atoms with Gasteiger partial charge in [0.05, 0.1) is 23.7 Å². The number of nitrogens with one attached hydrogen (secondary N) is 1. The van der Waals surface area contributed by atoms with Gasteiger partial charge < -0.3 is 9.72 Å². The number of hydrogen-bond acceptors (Lipinski definition) is 3. The zero-order valence-corrected chi connectivity index (χ0v) is 11.1. The predicted molar refractivity (Wildman–Crippen MR) is 78.3 cm³/mol. The van der Waals surface area contributed by atoms with Crippen LogP contribution in [0.15, 0.2) is 48.6 Å². The minimum atomic E-state index is -0.348. The van der Waals surface area contributed by atoms with E-state index >= 15 is 0 Å². The third-order valence-electron chi connectivity index (χ3n) is 3.16. The molecule has 4 heteroatoms. The molecule has 1 aromatic carbocycles. The molecular formula is C16H14N2O2. The first kappa shape index (κ1) is 12.4. The van der Waals surface area contributed by atoms with Crippen molar-refractivity contribution >= 4 is 22.6 Å². The summed E-state index contributed by atoms with van der Waals surface area (Å²) in [5, 5.41) is 0. The zero-order chi connectivity index (χ0) is 13.9. The molecule has 0 unspecified atom stereocenters. The first-order chi connectivity index (χ1) is 9.78. The molecule has 0 amide bonds. The van der Waals surface area contributed by atoms with Crippen LogP contribution in [0.4, 0.5) is 0 Å². The largest absolute Gasteiger partial charge is 0.465 e. The summed E-state index contributed by atoms with van der Waals surface area (Å²) in [6.07, 6.45) is 11.2. The Labute approximate surface area is 116 Å². The lowest BCUT2D eigenvalue weighted by atomic mass is 10.2. The highest BCUT2D eigenvalue weighted by Gasteiger charge is 2.10. The molecule has 1 aromatic heterocycles. The second-order valence-electron chi connectivity index (χ2n) is 4.50. The van der Waals surface area contributed by atoms with Gasteiger partial charge in [-0.15, -0.1) is 0 Å². The van der Waals surface area contributed by atoms with Gasteiger partial charge in [0.25, 0.3) is 0 Å². The van der Waals surface area contributed by atoms with Gasteiger partial charge in [-0.1, -0.05) is 30.4 Å². The molecule has 0 fully saturated rings. The Morgan fingerprint density at radius 1 is 1.35 bits per heavy atom. The average Bonchev–Trinajstić information content (AvgIpc) is 2.71. The van der Waals surface area contributed by atoms with Crippen LogP contribution in [0.5, 0.6) is 0 Å². The van der Waals surface area contributed by atoms with Crippen molar-refractivity contribution < 1.29 is 9.53 Å². The highest BCUT2D eigenvalue weighted by atomic mass is 16.5. The quantitative estimate of drug-likeness (QED) is 0.849. The minimum absolute atomic E-state index is 0.348. The topological polar surface area (TPSA) is 55.0 Å². The Balaban J connectivity index is 2.04. The number of H-pyrrole nitrogens is 1. The lowest BCUT2D eigenvalue weighted by molar-refractivity contribution is 0.0601. The summed E-state index contributed by atoms with van der Waals surface area (Å²) in [5.41, 5.74) is 3.19. The number of aromatic amines is 1. The maximum absolute atomic E-state index is 11.5. The van der Waals surface area contributed by atoms with Crippen molar-refractivity contribution in [2.24, 2.45) is 0 Å². The first-order valence-electron chi connectivity index (χ1n) is 6.40. The number of allylic oxidation sites excluding steroid dienone is 6. The average molecular weight is 266 g/mol. The van der Waals surface area contributed by atoms with Crippen LogP contribution >= 0.6 is 0 Å². The maximum atomic E-state index is 11.5. The second kappa shape index (κ2) is 5.17. The van der Waals surface area contributed by atoms with Gasteiger partial charge in [0, 0.05) is 5.57 Å². The van der Waals surface area contributed by atoms with E-state index in [-0.39, 0.29) is 5.97 Å². The predicted octanol–water partition coefficient (Wildman–Crippen LogP) is 3.25. The molecule has 1 heterocycles. The van der Waals surface area contributed by atoms with E-state index in [0.717, 1.165) is 28.9 Å². The number of imidazole rings is 1. The third-order valence-corrected chi connectivity index (χ3v) is 3.16. The van der Waals surface area contributed by atoms with Crippen molar-refractivity contribution in [1.82, 2.24) is 9.97 Å². The monoisotopic (exact) mass is 266 g/mol. The van der Waals surface area contributed by atoms with E-state index in [0.29, 0.717) is 5.56 Å². The van der Waals surface area contributed by atoms with Gasteiger partial charge in [-0.25, -0.2) is 9.78 Å². The number of ether oxygens (including phenoxy) is 1. The van der Waals surface area contributed by atoms with Gasteiger partial charge in [0.2, 0.25) is 0 Å². The van der Waals surface area contributed by atoms with Crippen molar-refractivity contribution in [3.8, 4) is 0 Å². The Morgan fingerprint density at radius 2 is 2.25 bits per heavy atom. The van der Waals surface area contributed by atoms with Crippen molar-refractivity contribution in [2.75, 3.05) is 7.11 Å². The van der Waals surface area contributed by atoms with E-state index < -0.39 is 0 Å². The molecule has 1 aliphatic carbocycles. The number of rotatable bonds is 2. The number of esters is 1. The Bertz CT molecular complexity index is 751. The Kier molecular flexibility index (Phi) is 3.21. The minimum Gasteiger partial charge on any atom is -0.465 e. The summed E-state index contributed by atoms with van der Waals surface area (Å²) in [4.78, 5) is 19.3. The summed E-state index contributed by atoms with van der Waals surface area (Å²) in [6, 6.07) is 5.29. The van der Waals surface area contributed by atoms with E-state index in [1.807, 2.05) is 24.3 Å². The molecule has 0 saturated heterocycles. The second-order valence-corrected chi connectivity index (χ2v) is 4.50. The van der Waals surface area contributed by atoms with Crippen molar-refractivity contribution in [1.29, 1.82) is 0 Å². The van der Waals surface area contributed by atoms with E-state index in [2.05, 4.69) is 22.1 Å². The first-order valence-corrected chi connectivity index (χ1v) is 6.40. The van der Waals surface area contributed by atoms with Crippen molar-refractivity contribution in [3.05, 3.63) is 60.0 Å². The lowest BCUT2D eigenvalue weighted by Gasteiger charge is -1.97. The van der Waals surface area contributed by atoms with Gasteiger partial charge in [-0.2, -0.15) is 0 Å². The SMILES string of the molecule is COC(=O)c1ccc2nc(C3=CC=CCC=C3)[nH]c2c1. The number of fused-ring (bicyclic) bond motifs is 1. The van der Waals surface area contributed by atoms with Crippen LogP contribution in [0.2, 0.25) is 0 Å². The smallest absolute Gasteiger partial charge is 0.337 e. The molecule has 20 heavy (non-hydrogen) atoms. The van der Waals surface area contributed by atoms with Crippen LogP contribution in [0, 0.1) is 0 Å². The van der Waals surface area contributed by atoms with Crippen molar-refractivity contribution in [2.45, 2.75) is 6.42 Å². The zero-order valence-electron chi connectivity index (χ0n) is 11.1. The molecular weight excluding hydrogens is 252 g/mol. The van der Waals surface area contributed by atoms with E-state index in [4.69, 9.17) is 4.74 Å². The van der Waals surface area contributed by atoms with Gasteiger partial charge in [0.15, 0.2) is 0 Å². The number of carbonyl (C=O) groups is 1. The van der Waals surface area contributed by atoms with Crippen molar-refractivity contribution in [3.63, 3.8) is 0 Å². The normalized spacial score (nSPS) is 14.2. The number of nitrogens with zero attached hydrogens (tertiary/aromatic N) is 1. The van der Waals surface area contributed by atoms with Gasteiger partial charge in [-0.3, -0.25) is 0 Å². The fourth-order valence-corrected chi connectivity index (χ4v) is 2.13. The summed E-state index contributed by atoms with van der Waals surface area (Å²) in [6.45, 7) is 0. The third kappa shape index (κ3) is 2.28.